The molecule has 0 aromatic heterocycles. The molecule has 0 unspecified atom stereocenters. The zero-order valence-electron chi connectivity index (χ0n) is 16.6. The van der Waals surface area contributed by atoms with Gasteiger partial charge in [0.05, 0.1) is 16.9 Å². The van der Waals surface area contributed by atoms with E-state index in [0.717, 1.165) is 69.4 Å². The molecule has 0 amide bonds. The van der Waals surface area contributed by atoms with E-state index in [-0.39, 0.29) is 0 Å². The maximum absolute atomic E-state index is 11.5. The number of hydrogen-bond acceptors (Lipinski definition) is 6. The minimum atomic E-state index is -0.882. The first-order chi connectivity index (χ1) is 14.2. The number of fused-ring (bicyclic) bond motifs is 2. The van der Waals surface area contributed by atoms with Gasteiger partial charge in [-0.2, -0.15) is 0 Å². The number of piperazine rings is 1. The van der Waals surface area contributed by atoms with E-state index < -0.39 is 5.97 Å². The van der Waals surface area contributed by atoms with Crippen LogP contribution in [0.4, 0.5) is 11.4 Å². The molecule has 0 spiro atoms. The molecule has 1 saturated heterocycles. The number of nitrogens with two attached hydrogens (primary N) is 1. The van der Waals surface area contributed by atoms with Crippen LogP contribution in [0, 0.1) is 0 Å². The van der Waals surface area contributed by atoms with Gasteiger partial charge in [0.15, 0.2) is 0 Å². The zero-order valence-corrected chi connectivity index (χ0v) is 17.4. The number of carbonyl (C=O) groups is 1. The number of aromatic carboxylic acids is 1. The van der Waals surface area contributed by atoms with Crippen molar-refractivity contribution in [3.63, 3.8) is 0 Å². The Morgan fingerprint density at radius 2 is 1.62 bits per heavy atom. The molecule has 29 heavy (non-hydrogen) atoms. The third kappa shape index (κ3) is 4.59. The molecule has 4 rings (SSSR count). The second-order valence-electron chi connectivity index (χ2n) is 7.53. The van der Waals surface area contributed by atoms with E-state index in [2.05, 4.69) is 39.0 Å². The highest BCUT2D eigenvalue weighted by molar-refractivity contribution is 7.99. The summed E-state index contributed by atoms with van der Waals surface area (Å²) in [6.45, 7) is 7.99. The van der Waals surface area contributed by atoms with E-state index in [4.69, 9.17) is 5.73 Å². The predicted octanol–water partition coefficient (Wildman–Crippen LogP) is 2.95. The normalized spacial score (nSPS) is 17.1. The van der Waals surface area contributed by atoms with Gasteiger partial charge >= 0.3 is 5.97 Å². The SMILES string of the molecule is NCCN1CCN(CCCN2c3ccccc3Sc3ccc(C(=O)O)cc32)CC1. The van der Waals surface area contributed by atoms with Gasteiger partial charge in [0.2, 0.25) is 0 Å². The summed E-state index contributed by atoms with van der Waals surface area (Å²) in [6, 6.07) is 13.8. The molecule has 7 heteroatoms. The van der Waals surface area contributed by atoms with Crippen LogP contribution in [0.1, 0.15) is 16.8 Å². The quantitative estimate of drug-likeness (QED) is 0.724. The first-order valence-electron chi connectivity index (χ1n) is 10.2. The summed E-state index contributed by atoms with van der Waals surface area (Å²) in [5, 5.41) is 9.43. The third-order valence-corrected chi connectivity index (χ3v) is 6.77. The van der Waals surface area contributed by atoms with Gasteiger partial charge in [0.25, 0.3) is 0 Å². The number of hydrogen-bond donors (Lipinski definition) is 2. The van der Waals surface area contributed by atoms with Crippen LogP contribution in [0.15, 0.2) is 52.3 Å². The van der Waals surface area contributed by atoms with Gasteiger partial charge in [-0.1, -0.05) is 23.9 Å². The minimum absolute atomic E-state index is 0.338. The lowest BCUT2D eigenvalue weighted by Crippen LogP contribution is -2.48. The fraction of sp³-hybridized carbons (Fsp3) is 0.409. The summed E-state index contributed by atoms with van der Waals surface area (Å²) in [5.74, 6) is -0.882. The standard InChI is InChI=1S/C22H28N4O2S/c23-8-11-25-14-12-24(13-15-25)9-3-10-26-18-4-1-2-5-20(18)29-21-7-6-17(22(27)28)16-19(21)26/h1-2,4-7,16H,3,8-15,23H2,(H,27,28). The highest BCUT2D eigenvalue weighted by Crippen LogP contribution is 2.48. The number of rotatable bonds is 7. The largest absolute Gasteiger partial charge is 0.478 e. The van der Waals surface area contributed by atoms with Crippen molar-refractivity contribution >= 4 is 29.1 Å². The number of benzene rings is 2. The number of anilines is 2. The smallest absolute Gasteiger partial charge is 0.335 e. The lowest BCUT2D eigenvalue weighted by molar-refractivity contribution is 0.0697. The van der Waals surface area contributed by atoms with Crippen molar-refractivity contribution in [3.05, 3.63) is 48.0 Å². The molecular weight excluding hydrogens is 384 g/mol. The molecule has 2 aromatic carbocycles. The second kappa shape index (κ2) is 9.17. The molecule has 2 aliphatic heterocycles. The third-order valence-electron chi connectivity index (χ3n) is 5.64. The van der Waals surface area contributed by atoms with E-state index in [0.29, 0.717) is 5.56 Å². The molecule has 154 valence electrons. The summed E-state index contributed by atoms with van der Waals surface area (Å²) in [7, 11) is 0. The number of nitrogens with zero attached hydrogens (tertiary/aromatic N) is 3. The maximum atomic E-state index is 11.5. The summed E-state index contributed by atoms with van der Waals surface area (Å²) in [5.41, 5.74) is 8.17. The van der Waals surface area contributed by atoms with Crippen molar-refractivity contribution in [2.45, 2.75) is 16.2 Å². The van der Waals surface area contributed by atoms with E-state index in [1.807, 2.05) is 12.1 Å². The van der Waals surface area contributed by atoms with Crippen molar-refractivity contribution < 1.29 is 9.90 Å². The lowest BCUT2D eigenvalue weighted by atomic mass is 10.1. The minimum Gasteiger partial charge on any atom is -0.478 e. The van der Waals surface area contributed by atoms with Crippen LogP contribution in [0.2, 0.25) is 0 Å². The monoisotopic (exact) mass is 412 g/mol. The molecule has 0 saturated carbocycles. The summed E-state index contributed by atoms with van der Waals surface area (Å²) < 4.78 is 0. The van der Waals surface area contributed by atoms with E-state index in [9.17, 15) is 9.90 Å². The van der Waals surface area contributed by atoms with Gasteiger partial charge < -0.3 is 20.6 Å². The molecule has 2 aliphatic rings. The highest BCUT2D eigenvalue weighted by atomic mass is 32.2. The Balaban J connectivity index is 1.45. The van der Waals surface area contributed by atoms with Crippen molar-refractivity contribution in [1.29, 1.82) is 0 Å². The van der Waals surface area contributed by atoms with E-state index >= 15 is 0 Å². The van der Waals surface area contributed by atoms with Crippen molar-refractivity contribution in [2.24, 2.45) is 5.73 Å². The van der Waals surface area contributed by atoms with Gasteiger partial charge in [-0.05, 0) is 43.3 Å². The van der Waals surface area contributed by atoms with Crippen LogP contribution in [0.25, 0.3) is 0 Å². The van der Waals surface area contributed by atoms with Gasteiger partial charge in [-0.3, -0.25) is 4.90 Å². The Bertz CT molecular complexity index is 868. The van der Waals surface area contributed by atoms with E-state index in [1.54, 1.807) is 17.8 Å². The Hall–Kier alpha value is -2.06. The molecule has 2 aromatic rings. The lowest BCUT2D eigenvalue weighted by Gasteiger charge is -2.36. The molecular formula is C22H28N4O2S. The van der Waals surface area contributed by atoms with Crippen LogP contribution in [-0.4, -0.2) is 73.2 Å². The predicted molar refractivity (Wildman–Crippen MR) is 118 cm³/mol. The Labute approximate surface area is 176 Å². The number of carboxylic acid groups (broad SMARTS) is 1. The topological polar surface area (TPSA) is 73.0 Å². The van der Waals surface area contributed by atoms with Gasteiger partial charge in [-0.25, -0.2) is 4.79 Å². The van der Waals surface area contributed by atoms with Crippen LogP contribution in [0.5, 0.6) is 0 Å². The Kier molecular flexibility index (Phi) is 6.40. The average Bonchev–Trinajstić information content (AvgIpc) is 2.74. The van der Waals surface area contributed by atoms with Crippen LogP contribution in [-0.2, 0) is 0 Å². The highest BCUT2D eigenvalue weighted by Gasteiger charge is 2.24. The van der Waals surface area contributed by atoms with Gasteiger partial charge in [0.1, 0.15) is 0 Å². The van der Waals surface area contributed by atoms with Crippen LogP contribution in [0.3, 0.4) is 0 Å². The maximum Gasteiger partial charge on any atom is 0.335 e. The summed E-state index contributed by atoms with van der Waals surface area (Å²) in [6.07, 6.45) is 1.03. The Morgan fingerprint density at radius 1 is 0.931 bits per heavy atom. The molecule has 3 N–H and O–H groups in total. The molecule has 1 fully saturated rings. The second-order valence-corrected chi connectivity index (χ2v) is 8.62. The van der Waals surface area contributed by atoms with Crippen molar-refractivity contribution in [1.82, 2.24) is 9.80 Å². The fourth-order valence-electron chi connectivity index (χ4n) is 4.07. The van der Waals surface area contributed by atoms with Gasteiger partial charge in [0, 0.05) is 55.6 Å². The fourth-order valence-corrected chi connectivity index (χ4v) is 5.15. The average molecular weight is 413 g/mol. The summed E-state index contributed by atoms with van der Waals surface area (Å²) >= 11 is 1.71. The molecule has 0 radical (unpaired) electrons. The first kappa shape index (κ1) is 20.2. The molecule has 0 atom stereocenters. The molecule has 2 heterocycles. The van der Waals surface area contributed by atoms with E-state index in [1.165, 1.54) is 10.6 Å². The van der Waals surface area contributed by atoms with Crippen LogP contribution < -0.4 is 10.6 Å². The molecule has 0 bridgehead atoms. The van der Waals surface area contributed by atoms with Crippen LogP contribution >= 0.6 is 11.8 Å². The molecule has 6 nitrogen and oxygen atoms in total. The Morgan fingerprint density at radius 3 is 2.34 bits per heavy atom. The summed E-state index contributed by atoms with van der Waals surface area (Å²) in [4.78, 5) is 21.1. The van der Waals surface area contributed by atoms with Crippen molar-refractivity contribution in [3.8, 4) is 0 Å². The first-order valence-corrected chi connectivity index (χ1v) is 11.0. The number of para-hydroxylation sites is 1. The number of carboxylic acids is 1. The molecule has 0 aliphatic carbocycles. The van der Waals surface area contributed by atoms with Gasteiger partial charge in [-0.15, -0.1) is 0 Å². The van der Waals surface area contributed by atoms with Crippen molar-refractivity contribution in [2.75, 3.05) is 57.3 Å². The zero-order chi connectivity index (χ0) is 20.2.